The van der Waals surface area contributed by atoms with E-state index in [1.807, 2.05) is 18.2 Å². The summed E-state index contributed by atoms with van der Waals surface area (Å²) in [6, 6.07) is 8.32. The fourth-order valence-electron chi connectivity index (χ4n) is 1.34. The van der Waals surface area contributed by atoms with Gasteiger partial charge in [0, 0.05) is 17.0 Å². The normalized spacial score (nSPS) is 28.5. The Morgan fingerprint density at radius 1 is 1.45 bits per heavy atom. The molecule has 1 aliphatic rings. The number of nitrogens with two attached hydrogens (primary N) is 1. The van der Waals surface area contributed by atoms with Gasteiger partial charge in [-0.1, -0.05) is 23.7 Å². The van der Waals surface area contributed by atoms with Crippen molar-refractivity contribution in [3.8, 4) is 0 Å². The molecule has 0 unspecified atom stereocenters. The summed E-state index contributed by atoms with van der Waals surface area (Å²) in [6.07, 6.45) is 1.11. The van der Waals surface area contributed by atoms with Crippen LogP contribution in [0.1, 0.15) is 17.9 Å². The summed E-state index contributed by atoms with van der Waals surface area (Å²) in [6.45, 7) is 0. The lowest BCUT2D eigenvalue weighted by atomic mass is 10.1. The van der Waals surface area contributed by atoms with Gasteiger partial charge in [0.25, 0.3) is 0 Å². The number of benzene rings is 1. The monoisotopic (exact) mass is 167 g/mol. The third-order valence-corrected chi connectivity index (χ3v) is 2.35. The molecule has 1 aliphatic carbocycles. The Hall–Kier alpha value is -0.530. The molecule has 0 spiro atoms. The zero-order valence-corrected chi connectivity index (χ0v) is 6.88. The van der Waals surface area contributed by atoms with Crippen LogP contribution < -0.4 is 5.73 Å². The summed E-state index contributed by atoms with van der Waals surface area (Å²) in [5, 5.41) is 0.807. The number of hydrogen-bond donors (Lipinski definition) is 1. The van der Waals surface area contributed by atoms with E-state index in [-0.39, 0.29) is 0 Å². The molecular weight excluding hydrogens is 158 g/mol. The van der Waals surface area contributed by atoms with Crippen LogP contribution >= 0.6 is 11.6 Å². The average molecular weight is 168 g/mol. The third kappa shape index (κ3) is 1.39. The average Bonchev–Trinajstić information content (AvgIpc) is 2.67. The molecule has 0 heterocycles. The molecule has 2 N–H and O–H groups in total. The second kappa shape index (κ2) is 2.50. The van der Waals surface area contributed by atoms with Gasteiger partial charge in [-0.2, -0.15) is 0 Å². The van der Waals surface area contributed by atoms with Gasteiger partial charge in [0.05, 0.1) is 0 Å². The molecule has 1 aromatic carbocycles. The van der Waals surface area contributed by atoms with Crippen molar-refractivity contribution in [2.24, 2.45) is 5.73 Å². The van der Waals surface area contributed by atoms with Gasteiger partial charge in [0.15, 0.2) is 0 Å². The SMILES string of the molecule is N[C@@H]1C[C@@H]1c1cccc(Cl)c1. The molecule has 11 heavy (non-hydrogen) atoms. The molecule has 1 aromatic rings. The summed E-state index contributed by atoms with van der Waals surface area (Å²) in [5.74, 6) is 0.564. The van der Waals surface area contributed by atoms with Crippen LogP contribution in [0.15, 0.2) is 24.3 Å². The first-order chi connectivity index (χ1) is 5.27. The zero-order valence-electron chi connectivity index (χ0n) is 6.13. The van der Waals surface area contributed by atoms with E-state index in [4.69, 9.17) is 17.3 Å². The van der Waals surface area contributed by atoms with Crippen LogP contribution in [0.4, 0.5) is 0 Å². The highest BCUT2D eigenvalue weighted by atomic mass is 35.5. The van der Waals surface area contributed by atoms with Gasteiger partial charge in [-0.15, -0.1) is 0 Å². The topological polar surface area (TPSA) is 26.0 Å². The van der Waals surface area contributed by atoms with E-state index in [1.165, 1.54) is 5.56 Å². The molecule has 0 aromatic heterocycles. The molecule has 2 atom stereocenters. The van der Waals surface area contributed by atoms with Crippen molar-refractivity contribution in [1.82, 2.24) is 0 Å². The maximum absolute atomic E-state index is 5.82. The van der Waals surface area contributed by atoms with E-state index in [0.717, 1.165) is 11.4 Å². The van der Waals surface area contributed by atoms with E-state index >= 15 is 0 Å². The van der Waals surface area contributed by atoms with Crippen molar-refractivity contribution in [3.05, 3.63) is 34.9 Å². The fourth-order valence-corrected chi connectivity index (χ4v) is 1.53. The predicted molar refractivity (Wildman–Crippen MR) is 46.8 cm³/mol. The summed E-state index contributed by atoms with van der Waals surface area (Å²) < 4.78 is 0. The molecular formula is C9H10ClN. The van der Waals surface area contributed by atoms with Crippen LogP contribution in [0.25, 0.3) is 0 Å². The maximum atomic E-state index is 5.82. The highest BCUT2D eigenvalue weighted by molar-refractivity contribution is 6.30. The Kier molecular flexibility index (Phi) is 1.63. The van der Waals surface area contributed by atoms with Gasteiger partial charge in [0.2, 0.25) is 0 Å². The Bertz CT molecular complexity index is 272. The summed E-state index contributed by atoms with van der Waals surface area (Å²) in [5.41, 5.74) is 6.99. The molecule has 0 saturated heterocycles. The van der Waals surface area contributed by atoms with Crippen LogP contribution in [0.2, 0.25) is 5.02 Å². The summed E-state index contributed by atoms with van der Waals surface area (Å²) in [7, 11) is 0. The van der Waals surface area contributed by atoms with Gasteiger partial charge in [-0.25, -0.2) is 0 Å². The van der Waals surface area contributed by atoms with Crippen LogP contribution in [-0.4, -0.2) is 6.04 Å². The van der Waals surface area contributed by atoms with Crippen molar-refractivity contribution < 1.29 is 0 Å². The minimum Gasteiger partial charge on any atom is -0.327 e. The molecule has 1 fully saturated rings. The molecule has 58 valence electrons. The lowest BCUT2D eigenvalue weighted by molar-refractivity contribution is 0.991. The van der Waals surface area contributed by atoms with Crippen molar-refractivity contribution >= 4 is 11.6 Å². The van der Waals surface area contributed by atoms with E-state index in [0.29, 0.717) is 12.0 Å². The van der Waals surface area contributed by atoms with Gasteiger partial charge >= 0.3 is 0 Å². The van der Waals surface area contributed by atoms with E-state index in [1.54, 1.807) is 0 Å². The summed E-state index contributed by atoms with van der Waals surface area (Å²) in [4.78, 5) is 0. The fraction of sp³-hybridized carbons (Fsp3) is 0.333. The first kappa shape index (κ1) is 7.14. The Morgan fingerprint density at radius 2 is 2.18 bits per heavy atom. The second-order valence-electron chi connectivity index (χ2n) is 3.06. The van der Waals surface area contributed by atoms with Crippen LogP contribution in [0.3, 0.4) is 0 Å². The molecule has 0 amide bonds. The Morgan fingerprint density at radius 3 is 2.73 bits per heavy atom. The quantitative estimate of drug-likeness (QED) is 0.682. The third-order valence-electron chi connectivity index (χ3n) is 2.12. The van der Waals surface area contributed by atoms with Crippen LogP contribution in [-0.2, 0) is 0 Å². The lowest BCUT2D eigenvalue weighted by Crippen LogP contribution is -2.00. The molecule has 1 saturated carbocycles. The van der Waals surface area contributed by atoms with Crippen LogP contribution in [0.5, 0.6) is 0 Å². The minimum atomic E-state index is 0.369. The van der Waals surface area contributed by atoms with Crippen molar-refractivity contribution in [2.45, 2.75) is 18.4 Å². The molecule has 2 heteroatoms. The standard InChI is InChI=1S/C9H10ClN/c10-7-3-1-2-6(4-7)8-5-9(8)11/h1-4,8-9H,5,11H2/t8-,9-/m1/s1. The van der Waals surface area contributed by atoms with Crippen molar-refractivity contribution in [1.29, 1.82) is 0 Å². The molecule has 0 radical (unpaired) electrons. The van der Waals surface area contributed by atoms with Crippen LogP contribution in [0, 0.1) is 0 Å². The minimum absolute atomic E-state index is 0.369. The molecule has 0 bridgehead atoms. The number of halogens is 1. The highest BCUT2D eigenvalue weighted by Crippen LogP contribution is 2.39. The van der Waals surface area contributed by atoms with Crippen molar-refractivity contribution in [3.63, 3.8) is 0 Å². The van der Waals surface area contributed by atoms with Gasteiger partial charge < -0.3 is 5.73 Å². The highest BCUT2D eigenvalue weighted by Gasteiger charge is 2.34. The zero-order chi connectivity index (χ0) is 7.84. The second-order valence-corrected chi connectivity index (χ2v) is 3.50. The predicted octanol–water partition coefficient (Wildman–Crippen LogP) is 2.15. The first-order valence-electron chi connectivity index (χ1n) is 3.78. The maximum Gasteiger partial charge on any atom is 0.0408 e. The first-order valence-corrected chi connectivity index (χ1v) is 4.16. The molecule has 1 nitrogen and oxygen atoms in total. The molecule has 2 rings (SSSR count). The largest absolute Gasteiger partial charge is 0.327 e. The van der Waals surface area contributed by atoms with Gasteiger partial charge in [-0.05, 0) is 24.1 Å². The number of rotatable bonds is 1. The van der Waals surface area contributed by atoms with E-state index in [2.05, 4.69) is 6.07 Å². The van der Waals surface area contributed by atoms with E-state index < -0.39 is 0 Å². The van der Waals surface area contributed by atoms with E-state index in [9.17, 15) is 0 Å². The number of hydrogen-bond acceptors (Lipinski definition) is 1. The van der Waals surface area contributed by atoms with Gasteiger partial charge in [-0.3, -0.25) is 0 Å². The molecule has 0 aliphatic heterocycles. The summed E-state index contributed by atoms with van der Waals surface area (Å²) >= 11 is 5.82. The van der Waals surface area contributed by atoms with Crippen molar-refractivity contribution in [2.75, 3.05) is 0 Å². The Labute approximate surface area is 71.2 Å². The smallest absolute Gasteiger partial charge is 0.0408 e. The Balaban J connectivity index is 2.25. The van der Waals surface area contributed by atoms with Gasteiger partial charge in [0.1, 0.15) is 0 Å². The lowest BCUT2D eigenvalue weighted by Gasteiger charge is -1.97.